The topological polar surface area (TPSA) is 0 Å². The Morgan fingerprint density at radius 2 is 1.02 bits per heavy atom. The Labute approximate surface area is 273 Å². The van der Waals surface area contributed by atoms with Crippen molar-refractivity contribution in [3.63, 3.8) is 0 Å². The van der Waals surface area contributed by atoms with Crippen LogP contribution in [0, 0.1) is 12.3 Å². The van der Waals surface area contributed by atoms with Gasteiger partial charge >= 0.3 is 0 Å². The molecule has 1 atom stereocenters. The average molecular weight is 643 g/mol. The first-order chi connectivity index (χ1) is 20.1. The molecule has 3 heteroatoms. The molecule has 43 heavy (non-hydrogen) atoms. The Morgan fingerprint density at radius 1 is 0.558 bits per heavy atom. The van der Waals surface area contributed by atoms with Crippen molar-refractivity contribution in [3.05, 3.63) is 145 Å². The molecule has 0 heterocycles. The summed E-state index contributed by atoms with van der Waals surface area (Å²) in [5.74, 6) is 1.54. The van der Waals surface area contributed by atoms with Crippen molar-refractivity contribution in [1.82, 2.24) is 0 Å². The van der Waals surface area contributed by atoms with Gasteiger partial charge in [0.2, 0.25) is 0 Å². The van der Waals surface area contributed by atoms with Gasteiger partial charge in [-0.25, -0.2) is 0 Å². The minimum Gasteiger partial charge on any atom is -0.0915 e. The molecule has 2 radical (unpaired) electrons. The van der Waals surface area contributed by atoms with Gasteiger partial charge in [-0.3, -0.25) is 0 Å². The molecule has 0 saturated carbocycles. The van der Waals surface area contributed by atoms with Gasteiger partial charge in [0.1, 0.15) is 0 Å². The van der Waals surface area contributed by atoms with Gasteiger partial charge in [0.25, 0.3) is 0 Å². The number of rotatable bonds is 5. The maximum absolute atomic E-state index is 2.50. The molecule has 0 amide bonds. The molecular weight excluding hydrogens is 598 g/mol. The van der Waals surface area contributed by atoms with Crippen molar-refractivity contribution >= 4 is 48.0 Å². The Morgan fingerprint density at radius 3 is 1.47 bits per heavy atom. The predicted molar refractivity (Wildman–Crippen MR) is 193 cm³/mol. The Hall–Kier alpha value is -2.26. The fraction of sp³-hybridized carbons (Fsp3) is 0.250. The monoisotopic (exact) mass is 642 g/mol. The van der Waals surface area contributed by atoms with E-state index in [1.165, 1.54) is 37.5 Å². The van der Waals surface area contributed by atoms with E-state index in [0.29, 0.717) is 5.66 Å². The van der Waals surface area contributed by atoms with Gasteiger partial charge < -0.3 is 0 Å². The molecule has 4 aromatic carbocycles. The minimum atomic E-state index is -0.748. The van der Waals surface area contributed by atoms with E-state index < -0.39 is 7.92 Å². The van der Waals surface area contributed by atoms with Crippen molar-refractivity contribution in [1.29, 1.82) is 0 Å². The van der Waals surface area contributed by atoms with Gasteiger partial charge in [0.15, 0.2) is 0 Å². The van der Waals surface area contributed by atoms with Crippen LogP contribution >= 0.6 is 15.8 Å². The van der Waals surface area contributed by atoms with Crippen molar-refractivity contribution in [2.45, 2.75) is 64.4 Å². The Balaban J connectivity index is 0.000000641. The summed E-state index contributed by atoms with van der Waals surface area (Å²) in [6, 6.07) is 31.6. The molecule has 0 fully saturated rings. The van der Waals surface area contributed by atoms with Gasteiger partial charge in [0, 0.05) is 29.4 Å². The van der Waals surface area contributed by atoms with Gasteiger partial charge in [-0.2, -0.15) is 0 Å². The van der Waals surface area contributed by atoms with Crippen LogP contribution in [0.25, 0.3) is 21.5 Å². The largest absolute Gasteiger partial charge is 0.0915 e. The van der Waals surface area contributed by atoms with Crippen LogP contribution in [0.15, 0.2) is 133 Å². The molecular formula is C40H44FeP2. The van der Waals surface area contributed by atoms with Gasteiger partial charge in [-0.1, -0.05) is 184 Å². The van der Waals surface area contributed by atoms with Crippen LogP contribution in [-0.4, -0.2) is 16.0 Å². The van der Waals surface area contributed by atoms with Crippen LogP contribution in [0.3, 0.4) is 0 Å². The standard InChI is InChI=1S/C35H39P2.C5H5.Fe/c1-25(37(34(2,3)4)35(5,6)7)28-21-14-24-31(28)36(32-22-12-17-26-15-8-10-19-29(26)32)33-23-13-18-27-16-9-11-20-30(27)33;1-2-4-5-3-1;/h8-25H,1-7H3;1-5H;/t25-;;/m1../s1. The molecule has 0 aromatic heterocycles. The molecule has 0 aliphatic heterocycles. The molecule has 0 nitrogen and oxygen atoms in total. The van der Waals surface area contributed by atoms with Crippen LogP contribution in [0.2, 0.25) is 0 Å². The maximum Gasteiger partial charge on any atom is 0.0349 e. The second-order valence-electron chi connectivity index (χ2n) is 13.0. The molecule has 4 aromatic rings. The van der Waals surface area contributed by atoms with E-state index in [2.05, 4.69) is 152 Å². The van der Waals surface area contributed by atoms with E-state index in [1.807, 2.05) is 30.7 Å². The fourth-order valence-electron chi connectivity index (χ4n) is 6.81. The van der Waals surface area contributed by atoms with E-state index in [9.17, 15) is 0 Å². The predicted octanol–water partition coefficient (Wildman–Crippen LogP) is 11.2. The summed E-state index contributed by atoms with van der Waals surface area (Å²) in [6.07, 6.45) is 17.2. The van der Waals surface area contributed by atoms with Gasteiger partial charge in [-0.15, -0.1) is 0 Å². The summed E-state index contributed by atoms with van der Waals surface area (Å²) in [5.41, 5.74) is 0.509. The van der Waals surface area contributed by atoms with Crippen LogP contribution in [0.4, 0.5) is 0 Å². The molecule has 0 unspecified atom stereocenters. The first-order valence-electron chi connectivity index (χ1n) is 15.0. The van der Waals surface area contributed by atoms with Crippen LogP contribution in [0.1, 0.15) is 48.5 Å². The SMILES string of the molecule is C[C@H]([C]1C=CC=C1P(c1cccc2ccccc12)c1cccc2ccccc12)P(C(C)(C)C)C(C)(C)C.[CH]1C=CC=C1.[Fe]. The van der Waals surface area contributed by atoms with E-state index in [4.69, 9.17) is 0 Å². The van der Waals surface area contributed by atoms with Gasteiger partial charge in [0.05, 0.1) is 0 Å². The molecule has 0 N–H and O–H groups in total. The smallest absolute Gasteiger partial charge is 0.0349 e. The average Bonchev–Trinajstić information content (AvgIpc) is 3.68. The molecule has 0 spiro atoms. The maximum atomic E-state index is 2.50. The first-order valence-corrected chi connectivity index (χ1v) is 17.8. The van der Waals surface area contributed by atoms with Crippen molar-refractivity contribution in [2.75, 3.05) is 0 Å². The molecule has 222 valence electrons. The van der Waals surface area contributed by atoms with Crippen LogP contribution < -0.4 is 10.6 Å². The first kappa shape index (κ1) is 33.6. The summed E-state index contributed by atoms with van der Waals surface area (Å²) in [6.45, 7) is 17.2. The number of fused-ring (bicyclic) bond motifs is 2. The normalized spacial score (nSPS) is 15.6. The zero-order chi connectivity index (χ0) is 29.9. The summed E-state index contributed by atoms with van der Waals surface area (Å²) in [7, 11) is -1.04. The summed E-state index contributed by atoms with van der Waals surface area (Å²) >= 11 is 0. The van der Waals surface area contributed by atoms with E-state index in [1.54, 1.807) is 5.92 Å². The second kappa shape index (κ2) is 14.2. The quantitative estimate of drug-likeness (QED) is 0.150. The number of allylic oxidation sites excluding steroid dienone is 8. The van der Waals surface area contributed by atoms with Crippen molar-refractivity contribution < 1.29 is 17.1 Å². The van der Waals surface area contributed by atoms with Crippen LogP contribution in [-0.2, 0) is 17.1 Å². The van der Waals surface area contributed by atoms with Crippen LogP contribution in [0.5, 0.6) is 0 Å². The summed E-state index contributed by atoms with van der Waals surface area (Å²) in [4.78, 5) is 0. The molecule has 2 aliphatic rings. The summed E-state index contributed by atoms with van der Waals surface area (Å²) in [5, 5.41) is 10.4. The van der Waals surface area contributed by atoms with Crippen molar-refractivity contribution in [2.24, 2.45) is 0 Å². The Kier molecular flexibility index (Phi) is 11.1. The molecule has 0 bridgehead atoms. The van der Waals surface area contributed by atoms with E-state index in [-0.39, 0.29) is 35.3 Å². The third-order valence-electron chi connectivity index (χ3n) is 7.92. The molecule has 6 rings (SSSR count). The number of benzene rings is 4. The van der Waals surface area contributed by atoms with E-state index >= 15 is 0 Å². The zero-order valence-corrected chi connectivity index (χ0v) is 29.4. The third kappa shape index (κ3) is 7.52. The number of hydrogen-bond acceptors (Lipinski definition) is 0. The Bertz CT molecular complexity index is 1550. The zero-order valence-electron chi connectivity index (χ0n) is 26.5. The number of hydrogen-bond donors (Lipinski definition) is 0. The second-order valence-corrected chi connectivity index (χ2v) is 19.4. The van der Waals surface area contributed by atoms with E-state index in [0.717, 1.165) is 0 Å². The van der Waals surface area contributed by atoms with Gasteiger partial charge in [-0.05, 0) is 61.4 Å². The molecule has 0 saturated heterocycles. The third-order valence-corrected chi connectivity index (χ3v) is 14.5. The fourth-order valence-corrected chi connectivity index (χ4v) is 14.6. The van der Waals surface area contributed by atoms with Crippen molar-refractivity contribution in [3.8, 4) is 0 Å². The molecule has 2 aliphatic carbocycles. The summed E-state index contributed by atoms with van der Waals surface area (Å²) < 4.78 is 0. The minimum absolute atomic E-state index is 0.